The third kappa shape index (κ3) is 4.67. The van der Waals surface area contributed by atoms with E-state index in [0.29, 0.717) is 19.7 Å². The minimum atomic E-state index is 0.0821. The minimum Gasteiger partial charge on any atom is -0.494 e. The molecule has 1 saturated heterocycles. The number of hydrogen-bond donors (Lipinski definition) is 0. The van der Waals surface area contributed by atoms with Gasteiger partial charge in [0, 0.05) is 49.9 Å². The highest BCUT2D eigenvalue weighted by molar-refractivity contribution is 7.17. The molecule has 0 saturated carbocycles. The summed E-state index contributed by atoms with van der Waals surface area (Å²) in [7, 11) is 0. The number of piperazine rings is 1. The second-order valence-electron chi connectivity index (χ2n) is 8.45. The van der Waals surface area contributed by atoms with Crippen molar-refractivity contribution < 1.29 is 9.53 Å². The number of benzene rings is 2. The zero-order valence-corrected chi connectivity index (χ0v) is 20.3. The summed E-state index contributed by atoms with van der Waals surface area (Å²) >= 11 is 1.47. The first-order valence-electron chi connectivity index (χ1n) is 11.7. The molecular formula is C27H28N4O2S. The van der Waals surface area contributed by atoms with Crippen LogP contribution in [0.4, 0.5) is 0 Å². The van der Waals surface area contributed by atoms with E-state index in [2.05, 4.69) is 39.1 Å². The van der Waals surface area contributed by atoms with Crippen molar-refractivity contribution in [3.05, 3.63) is 76.9 Å². The molecule has 6 nitrogen and oxygen atoms in total. The maximum atomic E-state index is 13.3. The maximum absolute atomic E-state index is 13.3. The van der Waals surface area contributed by atoms with Crippen molar-refractivity contribution in [3.63, 3.8) is 0 Å². The molecule has 3 heterocycles. The molecule has 0 bridgehead atoms. The molecule has 1 fully saturated rings. The summed E-state index contributed by atoms with van der Waals surface area (Å²) in [6, 6.07) is 18.3. The third-order valence-corrected chi connectivity index (χ3v) is 7.37. The van der Waals surface area contributed by atoms with Crippen LogP contribution < -0.4 is 4.74 Å². The van der Waals surface area contributed by atoms with E-state index in [1.165, 1.54) is 16.9 Å². The van der Waals surface area contributed by atoms with Crippen LogP contribution in [0.25, 0.3) is 21.5 Å². The molecule has 0 radical (unpaired) electrons. The molecule has 7 heteroatoms. The summed E-state index contributed by atoms with van der Waals surface area (Å²) in [4.78, 5) is 27.6. The Labute approximate surface area is 203 Å². The predicted molar refractivity (Wildman–Crippen MR) is 136 cm³/mol. The van der Waals surface area contributed by atoms with E-state index in [9.17, 15) is 4.79 Å². The smallest absolute Gasteiger partial charge is 0.265 e. The fourth-order valence-electron chi connectivity index (χ4n) is 4.37. The van der Waals surface area contributed by atoms with Crippen molar-refractivity contribution in [2.24, 2.45) is 0 Å². The summed E-state index contributed by atoms with van der Waals surface area (Å²) in [5.74, 6) is 0.923. The van der Waals surface area contributed by atoms with Gasteiger partial charge in [0.05, 0.1) is 17.8 Å². The summed E-state index contributed by atoms with van der Waals surface area (Å²) in [6.07, 6.45) is 1.85. The maximum Gasteiger partial charge on any atom is 0.265 e. The molecule has 2 aromatic carbocycles. The molecule has 34 heavy (non-hydrogen) atoms. The number of aryl methyl sites for hydroxylation is 1. The van der Waals surface area contributed by atoms with Crippen molar-refractivity contribution >= 4 is 28.1 Å². The first-order valence-corrected chi connectivity index (χ1v) is 12.5. The number of nitrogens with zero attached hydrogens (tertiary/aromatic N) is 4. The van der Waals surface area contributed by atoms with Gasteiger partial charge in [-0.2, -0.15) is 0 Å². The first-order chi connectivity index (χ1) is 16.6. The van der Waals surface area contributed by atoms with Gasteiger partial charge >= 0.3 is 0 Å². The lowest BCUT2D eigenvalue weighted by Crippen LogP contribution is -2.48. The van der Waals surface area contributed by atoms with Crippen LogP contribution in [0.5, 0.6) is 5.75 Å². The largest absolute Gasteiger partial charge is 0.494 e. The van der Waals surface area contributed by atoms with Crippen LogP contribution in [0.15, 0.2) is 60.8 Å². The summed E-state index contributed by atoms with van der Waals surface area (Å²) in [6.45, 7) is 8.50. The van der Waals surface area contributed by atoms with Crippen LogP contribution in [-0.2, 0) is 6.54 Å². The Balaban J connectivity index is 1.23. The Bertz CT molecular complexity index is 1290. The molecule has 1 amide bonds. The molecule has 4 aromatic rings. The highest BCUT2D eigenvalue weighted by Crippen LogP contribution is 2.30. The van der Waals surface area contributed by atoms with Crippen LogP contribution in [0.3, 0.4) is 0 Å². The number of thiazole rings is 1. The second-order valence-corrected chi connectivity index (χ2v) is 9.45. The molecule has 1 aliphatic rings. The van der Waals surface area contributed by atoms with Crippen LogP contribution in [-0.4, -0.2) is 58.5 Å². The third-order valence-electron chi connectivity index (χ3n) is 6.17. The number of carbonyl (C=O) groups excluding carboxylic acids is 1. The van der Waals surface area contributed by atoms with E-state index < -0.39 is 0 Å². The number of para-hydroxylation sites is 1. The number of ether oxygens (including phenoxy) is 1. The first kappa shape index (κ1) is 22.5. The standard InChI is InChI=1S/C27H28N4O2S/c1-3-33-23-11-9-21(10-12-23)26-29-19(2)25(34-26)27(32)31-16-14-30(15-17-31)18-22-7-4-6-20-8-5-13-28-24(20)22/h4-13H,3,14-18H2,1-2H3. The van der Waals surface area contributed by atoms with Gasteiger partial charge in [-0.25, -0.2) is 4.98 Å². The Hall–Kier alpha value is -3.29. The molecule has 1 aliphatic heterocycles. The Morgan fingerprint density at radius 1 is 1.03 bits per heavy atom. The fraction of sp³-hybridized carbons (Fsp3) is 0.296. The van der Waals surface area contributed by atoms with Crippen molar-refractivity contribution in [2.45, 2.75) is 20.4 Å². The summed E-state index contributed by atoms with van der Waals surface area (Å²) in [5.41, 5.74) is 4.09. The molecule has 0 atom stereocenters. The molecule has 0 spiro atoms. The Kier molecular flexibility index (Phi) is 6.56. The van der Waals surface area contributed by atoms with Gasteiger partial charge in [0.15, 0.2) is 0 Å². The quantitative estimate of drug-likeness (QED) is 0.394. The van der Waals surface area contributed by atoms with Gasteiger partial charge in [-0.1, -0.05) is 24.3 Å². The highest BCUT2D eigenvalue weighted by Gasteiger charge is 2.26. The van der Waals surface area contributed by atoms with Gasteiger partial charge < -0.3 is 9.64 Å². The van der Waals surface area contributed by atoms with Gasteiger partial charge in [0.2, 0.25) is 0 Å². The van der Waals surface area contributed by atoms with Gasteiger partial charge in [0.25, 0.3) is 5.91 Å². The van der Waals surface area contributed by atoms with E-state index in [0.717, 1.165) is 57.4 Å². The van der Waals surface area contributed by atoms with Crippen LogP contribution in [0, 0.1) is 6.92 Å². The topological polar surface area (TPSA) is 58.6 Å². The van der Waals surface area contributed by atoms with E-state index in [1.54, 1.807) is 0 Å². The minimum absolute atomic E-state index is 0.0821. The Morgan fingerprint density at radius 2 is 1.79 bits per heavy atom. The number of amides is 1. The summed E-state index contributed by atoms with van der Waals surface area (Å²) < 4.78 is 5.53. The molecule has 0 N–H and O–H groups in total. The average molecular weight is 473 g/mol. The number of hydrogen-bond acceptors (Lipinski definition) is 6. The molecule has 5 rings (SSSR count). The lowest BCUT2D eigenvalue weighted by Gasteiger charge is -2.34. The van der Waals surface area contributed by atoms with Crippen molar-refractivity contribution in [1.82, 2.24) is 19.8 Å². The van der Waals surface area contributed by atoms with Gasteiger partial charge in [0.1, 0.15) is 15.6 Å². The van der Waals surface area contributed by atoms with E-state index >= 15 is 0 Å². The SMILES string of the molecule is CCOc1ccc(-c2nc(C)c(C(=O)N3CCN(Cc4cccc5cccnc45)CC3)s2)cc1. The lowest BCUT2D eigenvalue weighted by atomic mass is 10.1. The van der Waals surface area contributed by atoms with Gasteiger partial charge in [-0.15, -0.1) is 11.3 Å². The molecular weight excluding hydrogens is 444 g/mol. The average Bonchev–Trinajstić information content (AvgIpc) is 3.26. The normalized spacial score (nSPS) is 14.5. The predicted octanol–water partition coefficient (Wildman–Crippen LogP) is 5.02. The second kappa shape index (κ2) is 9.91. The van der Waals surface area contributed by atoms with Crippen molar-refractivity contribution in [3.8, 4) is 16.3 Å². The highest BCUT2D eigenvalue weighted by atomic mass is 32.1. The van der Waals surface area contributed by atoms with Gasteiger partial charge in [-0.05, 0) is 49.7 Å². The van der Waals surface area contributed by atoms with Crippen LogP contribution in [0.2, 0.25) is 0 Å². The number of aromatic nitrogens is 2. The monoisotopic (exact) mass is 472 g/mol. The number of rotatable bonds is 6. The van der Waals surface area contributed by atoms with Crippen LogP contribution >= 0.6 is 11.3 Å². The molecule has 174 valence electrons. The zero-order chi connectivity index (χ0) is 23.5. The Morgan fingerprint density at radius 3 is 2.56 bits per heavy atom. The van der Waals surface area contributed by atoms with E-state index in [1.807, 2.05) is 55.3 Å². The number of pyridine rings is 1. The van der Waals surface area contributed by atoms with E-state index in [-0.39, 0.29) is 5.91 Å². The number of fused-ring (bicyclic) bond motifs is 1. The zero-order valence-electron chi connectivity index (χ0n) is 19.5. The number of carbonyl (C=O) groups is 1. The van der Waals surface area contributed by atoms with Crippen molar-refractivity contribution in [2.75, 3.05) is 32.8 Å². The summed E-state index contributed by atoms with van der Waals surface area (Å²) in [5, 5.41) is 2.03. The van der Waals surface area contributed by atoms with Gasteiger partial charge in [-0.3, -0.25) is 14.7 Å². The van der Waals surface area contributed by atoms with E-state index in [4.69, 9.17) is 4.74 Å². The fourth-order valence-corrected chi connectivity index (χ4v) is 5.41. The van der Waals surface area contributed by atoms with Crippen molar-refractivity contribution in [1.29, 1.82) is 0 Å². The lowest BCUT2D eigenvalue weighted by molar-refractivity contribution is 0.0632. The molecule has 2 aromatic heterocycles. The van der Waals surface area contributed by atoms with Crippen LogP contribution in [0.1, 0.15) is 27.9 Å². The molecule has 0 aliphatic carbocycles. The molecule has 0 unspecified atom stereocenters.